The summed E-state index contributed by atoms with van der Waals surface area (Å²) in [7, 11) is 1.61. The van der Waals surface area contributed by atoms with Crippen molar-refractivity contribution in [1.82, 2.24) is 0 Å². The van der Waals surface area contributed by atoms with E-state index >= 15 is 0 Å². The zero-order chi connectivity index (χ0) is 16.9. The van der Waals surface area contributed by atoms with Crippen LogP contribution in [0.25, 0.3) is 0 Å². The molecule has 0 radical (unpaired) electrons. The van der Waals surface area contributed by atoms with E-state index in [4.69, 9.17) is 16.5 Å². The first-order valence-corrected chi connectivity index (χ1v) is 10.4. The van der Waals surface area contributed by atoms with Crippen LogP contribution < -0.4 is 10.0 Å². The lowest BCUT2D eigenvalue weighted by Gasteiger charge is -2.21. The number of Topliss-reactive ketones (excluding diaryl/α,β-unsaturated/α-hetero) is 1. The number of ether oxygens (including phenoxy) is 1. The van der Waals surface area contributed by atoms with Crippen LogP contribution in [0.4, 0.5) is 0 Å². The molecule has 0 fully saturated rings. The maximum Gasteiger partial charge on any atom is 0.141 e. The molecule has 0 aliphatic heterocycles. The van der Waals surface area contributed by atoms with E-state index < -0.39 is 6.04 Å². The Bertz CT molecular complexity index is 588. The molecule has 3 nitrogen and oxygen atoms in total. The number of methoxy groups -OCH3 is 1. The molecule has 0 saturated carbocycles. The zero-order valence-electron chi connectivity index (χ0n) is 13.9. The first kappa shape index (κ1) is 18.9. The van der Waals surface area contributed by atoms with Crippen molar-refractivity contribution < 1.29 is 14.6 Å². The van der Waals surface area contributed by atoms with Crippen molar-refractivity contribution in [2.45, 2.75) is 27.7 Å². The fraction of sp³-hybridized carbons (Fsp3) is 0.471. The Morgan fingerprint density at radius 2 is 1.77 bits per heavy atom. The van der Waals surface area contributed by atoms with Crippen molar-refractivity contribution in [3.63, 3.8) is 0 Å². The minimum Gasteiger partial charge on any atom is -0.512 e. The summed E-state index contributed by atoms with van der Waals surface area (Å²) in [5.74, 6) is 2.82. The molecular formula is C17H25O3PS. The van der Waals surface area contributed by atoms with Gasteiger partial charge in [-0.25, -0.2) is 0 Å². The molecule has 0 aliphatic rings. The van der Waals surface area contributed by atoms with Crippen LogP contribution in [0.5, 0.6) is 5.75 Å². The number of hydrogen-bond donors (Lipinski definition) is 1. The van der Waals surface area contributed by atoms with E-state index in [1.807, 2.05) is 52.0 Å². The van der Waals surface area contributed by atoms with E-state index in [0.29, 0.717) is 6.16 Å². The van der Waals surface area contributed by atoms with Crippen LogP contribution >= 0.6 is 6.04 Å². The second-order valence-electron chi connectivity index (χ2n) is 5.98. The molecule has 1 aromatic carbocycles. The van der Waals surface area contributed by atoms with E-state index in [9.17, 15) is 9.90 Å². The predicted octanol–water partition coefficient (Wildman–Crippen LogP) is 4.08. The topological polar surface area (TPSA) is 46.5 Å². The van der Waals surface area contributed by atoms with E-state index in [2.05, 4.69) is 0 Å². The summed E-state index contributed by atoms with van der Waals surface area (Å²) in [6.45, 7) is 7.57. The van der Waals surface area contributed by atoms with Gasteiger partial charge in [0.05, 0.1) is 12.9 Å². The molecule has 0 saturated heterocycles. The summed E-state index contributed by atoms with van der Waals surface area (Å²) >= 11 is 5.85. The largest absolute Gasteiger partial charge is 0.512 e. The van der Waals surface area contributed by atoms with Gasteiger partial charge in [0.1, 0.15) is 11.5 Å². The number of rotatable bonds is 7. The van der Waals surface area contributed by atoms with Gasteiger partial charge in [-0.05, 0) is 35.4 Å². The fourth-order valence-corrected chi connectivity index (χ4v) is 5.52. The molecule has 0 spiro atoms. The lowest BCUT2D eigenvalue weighted by atomic mass is 10.1. The van der Waals surface area contributed by atoms with Crippen LogP contribution in [0.3, 0.4) is 0 Å². The summed E-state index contributed by atoms with van der Waals surface area (Å²) in [6, 6.07) is 5.18. The molecule has 22 heavy (non-hydrogen) atoms. The highest BCUT2D eigenvalue weighted by Gasteiger charge is 2.24. The highest BCUT2D eigenvalue weighted by Crippen LogP contribution is 2.48. The third-order valence-corrected chi connectivity index (χ3v) is 7.45. The van der Waals surface area contributed by atoms with Gasteiger partial charge in [0.2, 0.25) is 0 Å². The normalized spacial score (nSPS) is 15.0. The monoisotopic (exact) mass is 340 g/mol. The number of carbonyl (C=O) groups is 1. The molecule has 5 heteroatoms. The van der Waals surface area contributed by atoms with Crippen molar-refractivity contribution >= 4 is 28.9 Å². The molecular weight excluding hydrogens is 315 g/mol. The molecule has 1 atom stereocenters. The zero-order valence-corrected chi connectivity index (χ0v) is 15.6. The number of ketones is 1. The third kappa shape index (κ3) is 4.96. The smallest absolute Gasteiger partial charge is 0.141 e. The van der Waals surface area contributed by atoms with E-state index in [1.165, 1.54) is 0 Å². The van der Waals surface area contributed by atoms with Gasteiger partial charge in [0, 0.05) is 24.0 Å². The molecule has 0 aromatic heterocycles. The molecule has 0 bridgehead atoms. The summed E-state index contributed by atoms with van der Waals surface area (Å²) in [5, 5.41) is 11.1. The summed E-state index contributed by atoms with van der Waals surface area (Å²) < 4.78 is 5.17. The first-order valence-electron chi connectivity index (χ1n) is 7.37. The first-order chi connectivity index (χ1) is 10.2. The lowest BCUT2D eigenvalue weighted by Crippen LogP contribution is -2.17. The molecule has 0 amide bonds. The number of hydrogen-bond acceptors (Lipinski definition) is 4. The average molecular weight is 340 g/mol. The molecule has 0 heterocycles. The molecule has 1 unspecified atom stereocenters. The van der Waals surface area contributed by atoms with Crippen LogP contribution in [0.15, 0.2) is 35.8 Å². The molecule has 1 aromatic rings. The minimum absolute atomic E-state index is 0.00488. The Labute approximate surface area is 138 Å². The predicted molar refractivity (Wildman–Crippen MR) is 97.2 cm³/mol. The van der Waals surface area contributed by atoms with Gasteiger partial charge in [0.15, 0.2) is 0 Å². The second-order valence-corrected chi connectivity index (χ2v) is 10.6. The van der Waals surface area contributed by atoms with Gasteiger partial charge in [-0.1, -0.05) is 39.5 Å². The Morgan fingerprint density at radius 3 is 2.18 bits per heavy atom. The van der Waals surface area contributed by atoms with Crippen LogP contribution in [-0.4, -0.2) is 24.2 Å². The van der Waals surface area contributed by atoms with Crippen LogP contribution in [0, 0.1) is 11.8 Å². The number of carbonyl (C=O) groups excluding carboxylic acids is 1. The van der Waals surface area contributed by atoms with E-state index in [-0.39, 0.29) is 23.4 Å². The SMILES string of the molecule is COc1ccc(P(=S)(/C=C(\O)C(C)C)CC(=O)C(C)C)cc1. The molecule has 0 aliphatic carbocycles. The Kier molecular flexibility index (Phi) is 6.83. The standard InChI is InChI=1S/C17H25O3PS/c1-12(2)16(18)10-21(22,11-17(19)13(3)4)15-8-6-14(20-5)7-9-15/h6-10,12-13,18H,11H2,1-5H3/b16-10-. The minimum atomic E-state index is -2.31. The highest BCUT2D eigenvalue weighted by atomic mass is 32.4. The van der Waals surface area contributed by atoms with Crippen LogP contribution in [0.2, 0.25) is 0 Å². The fourth-order valence-electron chi connectivity index (χ4n) is 1.82. The van der Waals surface area contributed by atoms with Gasteiger partial charge in [0.25, 0.3) is 0 Å². The maximum atomic E-state index is 12.2. The third-order valence-electron chi connectivity index (χ3n) is 3.48. The quantitative estimate of drug-likeness (QED) is 0.600. The van der Waals surface area contributed by atoms with Crippen molar-refractivity contribution in [2.75, 3.05) is 13.3 Å². The Morgan fingerprint density at radius 1 is 1.23 bits per heavy atom. The van der Waals surface area contributed by atoms with Gasteiger partial charge >= 0.3 is 0 Å². The molecule has 1 rings (SSSR count). The van der Waals surface area contributed by atoms with E-state index in [0.717, 1.165) is 11.1 Å². The van der Waals surface area contributed by atoms with Crippen molar-refractivity contribution in [3.05, 3.63) is 35.8 Å². The highest BCUT2D eigenvalue weighted by molar-refractivity contribution is 8.20. The molecule has 122 valence electrons. The van der Waals surface area contributed by atoms with Crippen LogP contribution in [-0.2, 0) is 16.6 Å². The number of allylic oxidation sites excluding steroid dienone is 1. The number of aliphatic hydroxyl groups excluding tert-OH is 1. The Balaban J connectivity index is 3.28. The maximum absolute atomic E-state index is 12.2. The average Bonchev–Trinajstić information content (AvgIpc) is 2.46. The van der Waals surface area contributed by atoms with Gasteiger partial charge in [-0.3, -0.25) is 4.79 Å². The van der Waals surface area contributed by atoms with Gasteiger partial charge in [-0.2, -0.15) is 0 Å². The van der Waals surface area contributed by atoms with E-state index in [1.54, 1.807) is 12.9 Å². The Hall–Kier alpha value is -1.12. The summed E-state index contributed by atoms with van der Waals surface area (Å²) in [5.41, 5.74) is 0. The van der Waals surface area contributed by atoms with Crippen molar-refractivity contribution in [1.29, 1.82) is 0 Å². The van der Waals surface area contributed by atoms with Crippen molar-refractivity contribution in [3.8, 4) is 5.75 Å². The lowest BCUT2D eigenvalue weighted by molar-refractivity contribution is -0.119. The number of aliphatic hydroxyl groups is 1. The summed E-state index contributed by atoms with van der Waals surface area (Å²) in [6.07, 6.45) is 0.295. The second kappa shape index (κ2) is 7.94. The van der Waals surface area contributed by atoms with Crippen molar-refractivity contribution in [2.24, 2.45) is 11.8 Å². The van der Waals surface area contributed by atoms with Gasteiger partial charge in [-0.15, -0.1) is 0 Å². The number of benzene rings is 1. The van der Waals surface area contributed by atoms with Crippen LogP contribution in [0.1, 0.15) is 27.7 Å². The molecule has 1 N–H and O–H groups in total. The summed E-state index contributed by atoms with van der Waals surface area (Å²) in [4.78, 5) is 12.2. The van der Waals surface area contributed by atoms with Gasteiger partial charge < -0.3 is 9.84 Å².